The highest BCUT2D eigenvalue weighted by atomic mass is 16.5. The van der Waals surface area contributed by atoms with E-state index < -0.39 is 0 Å². The largest absolute Gasteiger partial charge is 0.485 e. The molecule has 27 heavy (non-hydrogen) atoms. The fraction of sp³-hybridized carbons (Fsp3) is 0.600. The second kappa shape index (κ2) is 7.38. The summed E-state index contributed by atoms with van der Waals surface area (Å²) in [7, 11) is 2.02. The van der Waals surface area contributed by atoms with Crippen molar-refractivity contribution in [2.45, 2.75) is 50.8 Å². The minimum atomic E-state index is -0.321. The van der Waals surface area contributed by atoms with Gasteiger partial charge in [0.25, 0.3) is 0 Å². The number of fused-ring (bicyclic) bond motifs is 1. The number of ether oxygens (including phenoxy) is 1. The molecule has 1 aromatic carbocycles. The van der Waals surface area contributed by atoms with Crippen LogP contribution in [0.4, 0.5) is 11.4 Å². The molecule has 0 spiro atoms. The van der Waals surface area contributed by atoms with E-state index in [0.717, 1.165) is 43.1 Å². The van der Waals surface area contributed by atoms with Crippen LogP contribution in [0.15, 0.2) is 18.2 Å². The maximum atomic E-state index is 12.4. The Balaban J connectivity index is 1.63. The molecule has 7 heteroatoms. The third kappa shape index (κ3) is 3.48. The van der Waals surface area contributed by atoms with E-state index in [1.54, 1.807) is 0 Å². The van der Waals surface area contributed by atoms with Crippen molar-refractivity contribution in [2.75, 3.05) is 36.5 Å². The molecule has 1 unspecified atom stereocenters. The molecule has 0 bridgehead atoms. The molecule has 3 aliphatic rings. The van der Waals surface area contributed by atoms with Gasteiger partial charge in [-0.25, -0.2) is 0 Å². The van der Waals surface area contributed by atoms with Crippen molar-refractivity contribution in [1.82, 2.24) is 10.6 Å². The Morgan fingerprint density at radius 2 is 1.89 bits per heavy atom. The number of carbonyl (C=O) groups excluding carboxylic acids is 2. The second-order valence-corrected chi connectivity index (χ2v) is 7.72. The van der Waals surface area contributed by atoms with Crippen LogP contribution >= 0.6 is 0 Å². The van der Waals surface area contributed by atoms with Crippen LogP contribution in [0.25, 0.3) is 0 Å². The van der Waals surface area contributed by atoms with Crippen LogP contribution in [0.2, 0.25) is 0 Å². The van der Waals surface area contributed by atoms with E-state index in [1.807, 2.05) is 26.1 Å². The molecule has 146 valence electrons. The van der Waals surface area contributed by atoms with Crippen LogP contribution in [0.1, 0.15) is 32.6 Å². The summed E-state index contributed by atoms with van der Waals surface area (Å²) < 4.78 is 6.25. The van der Waals surface area contributed by atoms with E-state index >= 15 is 0 Å². The van der Waals surface area contributed by atoms with Crippen molar-refractivity contribution >= 4 is 23.2 Å². The van der Waals surface area contributed by atoms with E-state index in [1.165, 1.54) is 0 Å². The fourth-order valence-corrected chi connectivity index (χ4v) is 4.41. The van der Waals surface area contributed by atoms with E-state index in [0.29, 0.717) is 25.4 Å². The number of amides is 2. The first kappa shape index (κ1) is 18.1. The Kier molecular flexibility index (Phi) is 4.95. The number of carbonyl (C=O) groups is 2. The number of nitrogens with zero attached hydrogens (tertiary/aromatic N) is 2. The topological polar surface area (TPSA) is 73.9 Å². The van der Waals surface area contributed by atoms with Gasteiger partial charge in [0.15, 0.2) is 5.75 Å². The van der Waals surface area contributed by atoms with Gasteiger partial charge in [0.05, 0.1) is 17.9 Å². The number of benzene rings is 1. The smallest absolute Gasteiger partial charge is 0.249 e. The Morgan fingerprint density at radius 3 is 2.59 bits per heavy atom. The summed E-state index contributed by atoms with van der Waals surface area (Å²) in [6, 6.07) is 6.42. The molecule has 0 radical (unpaired) electrons. The molecular weight excluding hydrogens is 344 g/mol. The first-order valence-corrected chi connectivity index (χ1v) is 9.89. The monoisotopic (exact) mass is 372 g/mol. The van der Waals surface area contributed by atoms with Gasteiger partial charge in [-0.2, -0.15) is 0 Å². The minimum absolute atomic E-state index is 0.0149. The van der Waals surface area contributed by atoms with Crippen LogP contribution in [0, 0.1) is 0 Å². The Hall–Kier alpha value is -2.28. The summed E-state index contributed by atoms with van der Waals surface area (Å²) in [4.78, 5) is 28.5. The van der Waals surface area contributed by atoms with Crippen molar-refractivity contribution in [3.63, 3.8) is 0 Å². The van der Waals surface area contributed by atoms with Crippen LogP contribution in [-0.2, 0) is 9.59 Å². The molecule has 7 nitrogen and oxygen atoms in total. The molecule has 3 heterocycles. The van der Waals surface area contributed by atoms with Crippen LogP contribution in [-0.4, -0.2) is 56.7 Å². The SMILES string of the molecule is CNC1CCN(c2cccc3c2O[C@H](C)CN3C2CCC(=O)NC2=O)CC1. The van der Waals surface area contributed by atoms with Gasteiger partial charge in [0, 0.05) is 25.6 Å². The molecule has 1 aromatic rings. The lowest BCUT2D eigenvalue weighted by Gasteiger charge is -2.42. The average molecular weight is 372 g/mol. The van der Waals surface area contributed by atoms with Crippen LogP contribution in [0.3, 0.4) is 0 Å². The molecule has 2 amide bonds. The zero-order valence-electron chi connectivity index (χ0n) is 16.0. The third-order valence-corrected chi connectivity index (χ3v) is 5.89. The molecular formula is C20H28N4O3. The zero-order valence-corrected chi connectivity index (χ0v) is 16.0. The summed E-state index contributed by atoms with van der Waals surface area (Å²) in [5, 5.41) is 5.85. The van der Waals surface area contributed by atoms with Gasteiger partial charge >= 0.3 is 0 Å². The van der Waals surface area contributed by atoms with Gasteiger partial charge in [-0.05, 0) is 45.4 Å². The molecule has 4 rings (SSSR count). The highest BCUT2D eigenvalue weighted by Crippen LogP contribution is 2.43. The summed E-state index contributed by atoms with van der Waals surface area (Å²) in [5.41, 5.74) is 2.06. The van der Waals surface area contributed by atoms with Crippen molar-refractivity contribution in [1.29, 1.82) is 0 Å². The fourth-order valence-electron chi connectivity index (χ4n) is 4.41. The quantitative estimate of drug-likeness (QED) is 0.779. The number of hydrogen-bond donors (Lipinski definition) is 2. The Morgan fingerprint density at radius 1 is 1.15 bits per heavy atom. The molecule has 2 atom stereocenters. The minimum Gasteiger partial charge on any atom is -0.485 e. The number of piperidine rings is 2. The maximum absolute atomic E-state index is 12.4. The van der Waals surface area contributed by atoms with E-state index in [2.05, 4.69) is 26.5 Å². The molecule has 0 saturated carbocycles. The molecule has 0 aromatic heterocycles. The maximum Gasteiger partial charge on any atom is 0.249 e. The number of rotatable bonds is 3. The predicted molar refractivity (Wildman–Crippen MR) is 104 cm³/mol. The number of para-hydroxylation sites is 1. The van der Waals surface area contributed by atoms with Crippen molar-refractivity contribution in [2.24, 2.45) is 0 Å². The first-order chi connectivity index (χ1) is 13.1. The Labute approximate surface area is 160 Å². The summed E-state index contributed by atoms with van der Waals surface area (Å²) in [6.07, 6.45) is 3.13. The van der Waals surface area contributed by atoms with Gasteiger partial charge in [-0.15, -0.1) is 0 Å². The highest BCUT2D eigenvalue weighted by molar-refractivity contribution is 6.02. The summed E-state index contributed by atoms with van der Waals surface area (Å²) in [6.45, 7) is 4.65. The molecule has 2 saturated heterocycles. The lowest BCUT2D eigenvalue weighted by Crippen LogP contribution is -2.55. The average Bonchev–Trinajstić information content (AvgIpc) is 2.67. The summed E-state index contributed by atoms with van der Waals surface area (Å²) >= 11 is 0. The van der Waals surface area contributed by atoms with Crippen LogP contribution in [0.5, 0.6) is 5.75 Å². The second-order valence-electron chi connectivity index (χ2n) is 7.72. The lowest BCUT2D eigenvalue weighted by molar-refractivity contribution is -0.134. The normalized spacial score (nSPS) is 26.4. The standard InChI is InChI=1S/C20H28N4O3/c1-13-12-24(17-6-7-18(25)22-20(17)26)16-5-3-4-15(19(16)27-13)23-10-8-14(21-2)9-11-23/h3-5,13-14,17,21H,6-12H2,1-2H3,(H,22,25,26)/t13-,17?/m1/s1. The van der Waals surface area contributed by atoms with Crippen LogP contribution < -0.4 is 25.2 Å². The summed E-state index contributed by atoms with van der Waals surface area (Å²) in [5.74, 6) is 0.481. The van der Waals surface area contributed by atoms with Gasteiger partial charge < -0.3 is 19.9 Å². The van der Waals surface area contributed by atoms with Gasteiger partial charge in [-0.1, -0.05) is 6.07 Å². The molecule has 0 aliphatic carbocycles. The zero-order chi connectivity index (χ0) is 19.0. The third-order valence-electron chi connectivity index (χ3n) is 5.89. The number of imide groups is 1. The molecule has 3 aliphatic heterocycles. The van der Waals surface area contributed by atoms with Crippen molar-refractivity contribution < 1.29 is 14.3 Å². The van der Waals surface area contributed by atoms with Gasteiger partial charge in [-0.3, -0.25) is 14.9 Å². The van der Waals surface area contributed by atoms with Crippen molar-refractivity contribution in [3.8, 4) is 5.75 Å². The molecule has 2 N–H and O–H groups in total. The molecule has 2 fully saturated rings. The lowest BCUT2D eigenvalue weighted by atomic mass is 10.0. The predicted octanol–water partition coefficient (Wildman–Crippen LogP) is 1.27. The van der Waals surface area contributed by atoms with E-state index in [-0.39, 0.29) is 24.0 Å². The van der Waals surface area contributed by atoms with Gasteiger partial charge in [0.2, 0.25) is 11.8 Å². The number of hydrogen-bond acceptors (Lipinski definition) is 6. The highest BCUT2D eigenvalue weighted by Gasteiger charge is 2.37. The van der Waals surface area contributed by atoms with Gasteiger partial charge in [0.1, 0.15) is 12.1 Å². The number of nitrogens with one attached hydrogen (secondary N) is 2. The van der Waals surface area contributed by atoms with E-state index in [9.17, 15) is 9.59 Å². The van der Waals surface area contributed by atoms with Crippen molar-refractivity contribution in [3.05, 3.63) is 18.2 Å². The number of anilines is 2. The first-order valence-electron chi connectivity index (χ1n) is 9.89. The Bertz CT molecular complexity index is 730. The van der Waals surface area contributed by atoms with E-state index in [4.69, 9.17) is 4.74 Å².